The second-order valence-electron chi connectivity index (χ2n) is 23.6. The molecule has 12 atom stereocenters. The average molecular weight is 1110 g/mol. The number of hydrogen-bond donors (Lipinski definition) is 9. The standard InChI is InChI=1S/C64H123NO13/c1-3-5-7-9-11-13-15-17-19-21-23-25-26-27-28-30-32-34-36-38-40-42-44-46-48-56(69)65-52(53(68)47-45-43-41-39-37-35-33-31-29-24-22-20-18-16-14-12-10-8-6-4-2)51-75-63-61(74)59(72)62(55(50-67)77-63)78-64-60(73)58(71)57(70)54(49-66)76-64/h45,47,52-55,57-64,66-68,70-74H,3-44,46,48-51H2,1-2H3,(H,65,69)/b47-45+. The van der Waals surface area contributed by atoms with E-state index in [-0.39, 0.29) is 18.9 Å². The monoisotopic (exact) mass is 1110 g/mol. The summed E-state index contributed by atoms with van der Waals surface area (Å²) in [5.74, 6) is -0.232. The minimum Gasteiger partial charge on any atom is -0.394 e. The van der Waals surface area contributed by atoms with Crippen molar-refractivity contribution in [3.05, 3.63) is 12.2 Å². The highest BCUT2D eigenvalue weighted by Gasteiger charge is 2.51. The van der Waals surface area contributed by atoms with Crippen LogP contribution in [-0.2, 0) is 23.7 Å². The molecule has 2 heterocycles. The molecular weight excluding hydrogens is 991 g/mol. The highest BCUT2D eigenvalue weighted by molar-refractivity contribution is 5.76. The maximum Gasteiger partial charge on any atom is 0.220 e. The number of allylic oxidation sites excluding steroid dienone is 1. The van der Waals surface area contributed by atoms with Crippen molar-refractivity contribution in [3.63, 3.8) is 0 Å². The topological polar surface area (TPSA) is 228 Å². The molecule has 0 aromatic carbocycles. The highest BCUT2D eigenvalue weighted by Crippen LogP contribution is 2.30. The normalized spacial score (nSPS) is 24.5. The van der Waals surface area contributed by atoms with Gasteiger partial charge in [0.1, 0.15) is 48.8 Å². The Morgan fingerprint density at radius 2 is 0.795 bits per heavy atom. The first-order valence-corrected chi connectivity index (χ1v) is 32.9. The van der Waals surface area contributed by atoms with Crippen LogP contribution in [0.25, 0.3) is 0 Å². The number of ether oxygens (including phenoxy) is 4. The molecule has 0 aromatic rings. The van der Waals surface area contributed by atoms with Gasteiger partial charge in [0.2, 0.25) is 5.91 Å². The van der Waals surface area contributed by atoms with Gasteiger partial charge in [-0.1, -0.05) is 283 Å². The lowest BCUT2D eigenvalue weighted by atomic mass is 9.97. The van der Waals surface area contributed by atoms with Crippen LogP contribution in [0, 0.1) is 0 Å². The SMILES string of the molecule is CCCCCCCCCCCCCCCCCCCC/C=C/C(O)C(COC1OC(CO)C(OC2OC(CO)C(O)C(O)C2O)C(O)C1O)NC(=O)CCCCCCCCCCCCCCCCCCCCCCCCCC. The summed E-state index contributed by atoms with van der Waals surface area (Å²) in [5, 5.41) is 87.3. The third-order valence-corrected chi connectivity index (χ3v) is 16.5. The molecule has 78 heavy (non-hydrogen) atoms. The van der Waals surface area contributed by atoms with E-state index in [1.54, 1.807) is 6.08 Å². The average Bonchev–Trinajstić information content (AvgIpc) is 3.48. The minimum absolute atomic E-state index is 0.232. The third kappa shape index (κ3) is 35.0. The number of nitrogens with one attached hydrogen (secondary N) is 1. The molecule has 12 unspecified atom stereocenters. The first-order chi connectivity index (χ1) is 38.1. The van der Waals surface area contributed by atoms with Crippen LogP contribution in [-0.4, -0.2) is 140 Å². The number of unbranched alkanes of at least 4 members (excludes halogenated alkanes) is 41. The first-order valence-electron chi connectivity index (χ1n) is 32.9. The maximum atomic E-state index is 13.3. The van der Waals surface area contributed by atoms with Gasteiger partial charge in [-0.3, -0.25) is 4.79 Å². The predicted molar refractivity (Wildman–Crippen MR) is 314 cm³/mol. The summed E-state index contributed by atoms with van der Waals surface area (Å²) < 4.78 is 22.8. The second-order valence-corrected chi connectivity index (χ2v) is 23.6. The van der Waals surface area contributed by atoms with Crippen molar-refractivity contribution < 1.29 is 64.6 Å². The molecule has 2 aliphatic heterocycles. The van der Waals surface area contributed by atoms with Crippen molar-refractivity contribution in [2.45, 2.75) is 370 Å². The smallest absolute Gasteiger partial charge is 0.220 e. The summed E-state index contributed by atoms with van der Waals surface area (Å²) in [6, 6.07) is -0.910. The highest BCUT2D eigenvalue weighted by atomic mass is 16.7. The first kappa shape index (κ1) is 72.8. The van der Waals surface area contributed by atoms with E-state index >= 15 is 0 Å². The number of aliphatic hydroxyl groups is 8. The van der Waals surface area contributed by atoms with Crippen molar-refractivity contribution in [2.24, 2.45) is 0 Å². The van der Waals surface area contributed by atoms with Crippen molar-refractivity contribution in [1.82, 2.24) is 5.32 Å². The van der Waals surface area contributed by atoms with Crippen LogP contribution in [0.1, 0.15) is 296 Å². The Kier molecular flexibility index (Phi) is 46.9. The van der Waals surface area contributed by atoms with Gasteiger partial charge in [0.05, 0.1) is 32.0 Å². The van der Waals surface area contributed by atoms with Gasteiger partial charge in [-0.25, -0.2) is 0 Å². The van der Waals surface area contributed by atoms with Crippen LogP contribution in [0.15, 0.2) is 12.2 Å². The van der Waals surface area contributed by atoms with E-state index in [1.165, 1.54) is 231 Å². The van der Waals surface area contributed by atoms with E-state index in [0.29, 0.717) is 6.42 Å². The van der Waals surface area contributed by atoms with Crippen molar-refractivity contribution in [2.75, 3.05) is 19.8 Å². The number of rotatable bonds is 54. The molecular formula is C64H123NO13. The number of aliphatic hydroxyl groups excluding tert-OH is 8. The van der Waals surface area contributed by atoms with Gasteiger partial charge in [-0.2, -0.15) is 0 Å². The fourth-order valence-electron chi connectivity index (χ4n) is 11.2. The van der Waals surface area contributed by atoms with Crippen molar-refractivity contribution in [3.8, 4) is 0 Å². The maximum absolute atomic E-state index is 13.3. The Morgan fingerprint density at radius 1 is 0.449 bits per heavy atom. The summed E-state index contributed by atoms with van der Waals surface area (Å²) in [5.41, 5.74) is 0. The molecule has 2 fully saturated rings. The van der Waals surface area contributed by atoms with E-state index in [2.05, 4.69) is 19.2 Å². The van der Waals surface area contributed by atoms with Crippen molar-refractivity contribution >= 4 is 5.91 Å². The van der Waals surface area contributed by atoms with Crippen LogP contribution in [0.5, 0.6) is 0 Å². The molecule has 0 aromatic heterocycles. The number of carbonyl (C=O) groups is 1. The molecule has 14 nitrogen and oxygen atoms in total. The Labute approximate surface area is 476 Å². The number of carbonyl (C=O) groups excluding carboxylic acids is 1. The summed E-state index contributed by atoms with van der Waals surface area (Å²) in [6.07, 6.45) is 42.5. The van der Waals surface area contributed by atoms with Crippen LogP contribution >= 0.6 is 0 Å². The zero-order chi connectivity index (χ0) is 56.7. The molecule has 0 aliphatic carbocycles. The molecule has 2 rings (SSSR count). The zero-order valence-electron chi connectivity index (χ0n) is 49.9. The van der Waals surface area contributed by atoms with Crippen molar-refractivity contribution in [1.29, 1.82) is 0 Å². The molecule has 462 valence electrons. The van der Waals surface area contributed by atoms with Crippen LogP contribution in [0.4, 0.5) is 0 Å². The molecule has 0 bridgehead atoms. The van der Waals surface area contributed by atoms with E-state index in [0.717, 1.165) is 38.5 Å². The fourth-order valence-corrected chi connectivity index (χ4v) is 11.2. The van der Waals surface area contributed by atoms with Gasteiger partial charge in [-0.05, 0) is 19.3 Å². The Hall–Kier alpha value is -1.27. The fraction of sp³-hybridized carbons (Fsp3) is 0.953. The van der Waals surface area contributed by atoms with Gasteiger partial charge >= 0.3 is 0 Å². The molecule has 0 saturated carbocycles. The molecule has 2 aliphatic rings. The summed E-state index contributed by atoms with van der Waals surface area (Å²) >= 11 is 0. The molecule has 1 amide bonds. The number of amides is 1. The van der Waals surface area contributed by atoms with Gasteiger partial charge in [-0.15, -0.1) is 0 Å². The quantitative estimate of drug-likeness (QED) is 0.0204. The summed E-state index contributed by atoms with van der Waals surface area (Å²) in [4.78, 5) is 13.3. The summed E-state index contributed by atoms with van der Waals surface area (Å²) in [6.45, 7) is 2.85. The van der Waals surface area contributed by atoms with E-state index in [4.69, 9.17) is 18.9 Å². The lowest BCUT2D eigenvalue weighted by Gasteiger charge is -2.46. The lowest BCUT2D eigenvalue weighted by molar-refractivity contribution is -0.359. The Balaban J connectivity index is 1.71. The zero-order valence-corrected chi connectivity index (χ0v) is 49.9. The van der Waals surface area contributed by atoms with Crippen LogP contribution in [0.3, 0.4) is 0 Å². The molecule has 9 N–H and O–H groups in total. The Morgan fingerprint density at radius 3 is 1.18 bits per heavy atom. The van der Waals surface area contributed by atoms with E-state index < -0.39 is 86.8 Å². The Bertz CT molecular complexity index is 1360. The van der Waals surface area contributed by atoms with E-state index in [1.807, 2.05) is 6.08 Å². The van der Waals surface area contributed by atoms with Gasteiger partial charge in [0.15, 0.2) is 12.6 Å². The minimum atomic E-state index is -1.79. The third-order valence-electron chi connectivity index (χ3n) is 16.5. The van der Waals surface area contributed by atoms with Gasteiger partial charge in [0, 0.05) is 6.42 Å². The number of hydrogen-bond acceptors (Lipinski definition) is 13. The lowest BCUT2D eigenvalue weighted by Crippen LogP contribution is -2.65. The van der Waals surface area contributed by atoms with Gasteiger partial charge in [0.25, 0.3) is 0 Å². The molecule has 2 saturated heterocycles. The molecule has 14 heteroatoms. The largest absolute Gasteiger partial charge is 0.394 e. The van der Waals surface area contributed by atoms with Crippen LogP contribution in [0.2, 0.25) is 0 Å². The molecule has 0 radical (unpaired) electrons. The predicted octanol–water partition coefficient (Wildman–Crippen LogP) is 12.2. The molecule has 0 spiro atoms. The summed E-state index contributed by atoms with van der Waals surface area (Å²) in [7, 11) is 0. The van der Waals surface area contributed by atoms with Gasteiger partial charge < -0.3 is 65.1 Å². The van der Waals surface area contributed by atoms with E-state index in [9.17, 15) is 45.6 Å². The van der Waals surface area contributed by atoms with Crippen LogP contribution < -0.4 is 5.32 Å². The second kappa shape index (κ2) is 50.3.